The Labute approximate surface area is 359 Å². The van der Waals surface area contributed by atoms with Gasteiger partial charge in [-0.2, -0.15) is 0 Å². The molecule has 0 unspecified atom stereocenters. The predicted octanol–water partition coefficient (Wildman–Crippen LogP) is 15.0. The van der Waals surface area contributed by atoms with Crippen LogP contribution in [-0.2, 0) is 0 Å². The van der Waals surface area contributed by atoms with Crippen molar-refractivity contribution in [2.75, 3.05) is 0 Å². The van der Waals surface area contributed by atoms with Crippen LogP contribution in [0.3, 0.4) is 0 Å². The lowest BCUT2D eigenvalue weighted by Crippen LogP contribution is -2.02. The van der Waals surface area contributed by atoms with Crippen molar-refractivity contribution in [1.29, 1.82) is 0 Å². The molecule has 0 fully saturated rings. The third-order valence-electron chi connectivity index (χ3n) is 12.1. The molecule has 0 bridgehead atoms. The Bertz CT molecular complexity index is 3490. The van der Waals surface area contributed by atoms with E-state index in [1.165, 1.54) is 54.8 Å². The molecule has 290 valence electrons. The maximum atomic E-state index is 5.25. The molecule has 0 aliphatic carbocycles. The van der Waals surface area contributed by atoms with Crippen molar-refractivity contribution in [2.24, 2.45) is 0 Å². The molecular formula is C58H38N4. The average Bonchev–Trinajstić information content (AvgIpc) is 3.87. The van der Waals surface area contributed by atoms with E-state index in [2.05, 4.69) is 215 Å². The van der Waals surface area contributed by atoms with Crippen LogP contribution >= 0.6 is 0 Å². The van der Waals surface area contributed by atoms with Gasteiger partial charge in [0, 0.05) is 44.4 Å². The Morgan fingerprint density at radius 3 is 1.39 bits per heavy atom. The molecule has 0 radical (unpaired) electrons. The molecule has 0 saturated heterocycles. The second-order valence-electron chi connectivity index (χ2n) is 15.8. The van der Waals surface area contributed by atoms with E-state index in [4.69, 9.17) is 9.97 Å². The zero-order chi connectivity index (χ0) is 41.0. The minimum absolute atomic E-state index is 0.693. The van der Waals surface area contributed by atoms with Crippen LogP contribution in [0.1, 0.15) is 0 Å². The number of rotatable bonds is 7. The van der Waals surface area contributed by atoms with Gasteiger partial charge in [0.2, 0.25) is 0 Å². The molecule has 9 aromatic carbocycles. The van der Waals surface area contributed by atoms with Crippen molar-refractivity contribution in [3.05, 3.63) is 231 Å². The van der Waals surface area contributed by atoms with Crippen molar-refractivity contribution < 1.29 is 0 Å². The third-order valence-corrected chi connectivity index (χ3v) is 12.1. The van der Waals surface area contributed by atoms with E-state index >= 15 is 0 Å². The predicted molar refractivity (Wildman–Crippen MR) is 258 cm³/mol. The first-order chi connectivity index (χ1) is 30.7. The molecular weight excluding hydrogens is 753 g/mol. The summed E-state index contributed by atoms with van der Waals surface area (Å²) in [5.74, 6) is 1.52. The fraction of sp³-hybridized carbons (Fsp3) is 0. The number of benzene rings is 9. The quantitative estimate of drug-likeness (QED) is 0.161. The van der Waals surface area contributed by atoms with Crippen LogP contribution in [0.4, 0.5) is 0 Å². The minimum atomic E-state index is 0.693. The highest BCUT2D eigenvalue weighted by atomic mass is 15.1. The standard InChI is InChI=1S/C58H38N4/c1-5-17-39(18-6-1)45-33-46(40-19-7-2-8-20-40)35-47(34-45)61-53-27-15-13-25-48(53)50-31-29-44(37-56(50)61)43-30-32-55-51(36-43)49-26-14-16-28-54(49)62(55)57-38-52(41-21-9-3-10-22-41)59-58(60-57)42-23-11-4-12-24-42/h1-38H. The molecule has 3 heterocycles. The molecule has 12 rings (SSSR count). The van der Waals surface area contributed by atoms with E-state index < -0.39 is 0 Å². The van der Waals surface area contributed by atoms with Crippen LogP contribution in [-0.4, -0.2) is 19.1 Å². The van der Waals surface area contributed by atoms with E-state index in [9.17, 15) is 0 Å². The van der Waals surface area contributed by atoms with Crippen molar-refractivity contribution in [1.82, 2.24) is 19.1 Å². The van der Waals surface area contributed by atoms with Gasteiger partial charge in [0.05, 0.1) is 27.8 Å². The van der Waals surface area contributed by atoms with Gasteiger partial charge in [-0.25, -0.2) is 9.97 Å². The summed E-state index contributed by atoms with van der Waals surface area (Å²) >= 11 is 0. The second-order valence-corrected chi connectivity index (χ2v) is 15.8. The van der Waals surface area contributed by atoms with E-state index in [1.54, 1.807) is 0 Å². The third kappa shape index (κ3) is 6.08. The summed E-state index contributed by atoms with van der Waals surface area (Å²) in [7, 11) is 0. The van der Waals surface area contributed by atoms with Gasteiger partial charge in [-0.1, -0.05) is 176 Å². The van der Waals surface area contributed by atoms with Crippen LogP contribution < -0.4 is 0 Å². The molecule has 0 saturated carbocycles. The summed E-state index contributed by atoms with van der Waals surface area (Å²) in [6, 6.07) is 82.3. The maximum Gasteiger partial charge on any atom is 0.162 e. The lowest BCUT2D eigenvalue weighted by molar-refractivity contribution is 1.05. The fourth-order valence-corrected chi connectivity index (χ4v) is 9.18. The molecule has 0 spiro atoms. The van der Waals surface area contributed by atoms with Gasteiger partial charge in [-0.15, -0.1) is 0 Å². The topological polar surface area (TPSA) is 35.6 Å². The summed E-state index contributed by atoms with van der Waals surface area (Å²) < 4.78 is 4.74. The molecule has 0 N–H and O–H groups in total. The van der Waals surface area contributed by atoms with Gasteiger partial charge in [-0.3, -0.25) is 4.57 Å². The highest BCUT2D eigenvalue weighted by molar-refractivity contribution is 6.12. The number of nitrogens with zero attached hydrogens (tertiary/aromatic N) is 4. The van der Waals surface area contributed by atoms with Crippen LogP contribution in [0, 0.1) is 0 Å². The average molecular weight is 791 g/mol. The van der Waals surface area contributed by atoms with Crippen molar-refractivity contribution >= 4 is 43.6 Å². The second kappa shape index (κ2) is 14.7. The SMILES string of the molecule is c1ccc(-c2cc(-c3ccccc3)cc(-n3c4ccccc4c4ccc(-c5ccc6c(c5)c5ccccc5n6-c5cc(-c6ccccc6)nc(-c6ccccc6)n5)cc43)c2)cc1. The Hall–Kier alpha value is -8.34. The lowest BCUT2D eigenvalue weighted by Gasteiger charge is -2.14. The van der Waals surface area contributed by atoms with Crippen LogP contribution in [0.25, 0.3) is 111 Å². The van der Waals surface area contributed by atoms with E-state index in [0.717, 1.165) is 50.5 Å². The van der Waals surface area contributed by atoms with E-state index in [0.29, 0.717) is 5.82 Å². The Morgan fingerprint density at radius 2 is 0.742 bits per heavy atom. The van der Waals surface area contributed by atoms with Gasteiger partial charge in [-0.05, 0) is 81.9 Å². The number of aromatic nitrogens is 4. The molecule has 0 aliphatic heterocycles. The minimum Gasteiger partial charge on any atom is -0.309 e. The van der Waals surface area contributed by atoms with Gasteiger partial charge in [0.1, 0.15) is 5.82 Å². The summed E-state index contributed by atoms with van der Waals surface area (Å²) in [5.41, 5.74) is 15.6. The van der Waals surface area contributed by atoms with E-state index in [1.807, 2.05) is 24.3 Å². The molecule has 0 aliphatic rings. The monoisotopic (exact) mass is 790 g/mol. The molecule has 0 atom stereocenters. The van der Waals surface area contributed by atoms with Gasteiger partial charge in [0.25, 0.3) is 0 Å². The van der Waals surface area contributed by atoms with Gasteiger partial charge >= 0.3 is 0 Å². The zero-order valence-corrected chi connectivity index (χ0v) is 33.7. The molecule has 12 aromatic rings. The molecule has 4 nitrogen and oxygen atoms in total. The molecule has 0 amide bonds. The van der Waals surface area contributed by atoms with E-state index in [-0.39, 0.29) is 0 Å². The van der Waals surface area contributed by atoms with Crippen molar-refractivity contribution in [3.63, 3.8) is 0 Å². The molecule has 3 aromatic heterocycles. The normalized spacial score (nSPS) is 11.5. The highest BCUT2D eigenvalue weighted by Crippen LogP contribution is 2.40. The number of para-hydroxylation sites is 2. The summed E-state index contributed by atoms with van der Waals surface area (Å²) in [6.07, 6.45) is 0. The smallest absolute Gasteiger partial charge is 0.162 e. The largest absolute Gasteiger partial charge is 0.309 e. The Kier molecular flexibility index (Phi) is 8.46. The first-order valence-corrected chi connectivity index (χ1v) is 21.1. The summed E-state index contributed by atoms with van der Waals surface area (Å²) in [4.78, 5) is 10.3. The van der Waals surface area contributed by atoms with Crippen LogP contribution in [0.2, 0.25) is 0 Å². The van der Waals surface area contributed by atoms with Crippen molar-refractivity contribution in [2.45, 2.75) is 0 Å². The molecule has 4 heteroatoms. The zero-order valence-electron chi connectivity index (χ0n) is 33.7. The Balaban J connectivity index is 1.05. The van der Waals surface area contributed by atoms with Crippen LogP contribution in [0.15, 0.2) is 231 Å². The Morgan fingerprint density at radius 1 is 0.258 bits per heavy atom. The first-order valence-electron chi connectivity index (χ1n) is 21.1. The molecule has 62 heavy (non-hydrogen) atoms. The van der Waals surface area contributed by atoms with Crippen molar-refractivity contribution in [3.8, 4) is 67.5 Å². The summed E-state index contributed by atoms with van der Waals surface area (Å²) in [5, 5.41) is 4.80. The summed E-state index contributed by atoms with van der Waals surface area (Å²) in [6.45, 7) is 0. The maximum absolute atomic E-state index is 5.25. The van der Waals surface area contributed by atoms with Gasteiger partial charge in [0.15, 0.2) is 5.82 Å². The van der Waals surface area contributed by atoms with Gasteiger partial charge < -0.3 is 4.57 Å². The fourth-order valence-electron chi connectivity index (χ4n) is 9.18. The number of fused-ring (bicyclic) bond motifs is 6. The number of hydrogen-bond donors (Lipinski definition) is 0. The van der Waals surface area contributed by atoms with Crippen LogP contribution in [0.5, 0.6) is 0 Å². The number of hydrogen-bond acceptors (Lipinski definition) is 2. The lowest BCUT2D eigenvalue weighted by atomic mass is 9.98. The highest BCUT2D eigenvalue weighted by Gasteiger charge is 2.19. The first kappa shape index (κ1) is 35.6.